The van der Waals surface area contributed by atoms with Crippen molar-refractivity contribution in [2.45, 2.75) is 51.2 Å². The van der Waals surface area contributed by atoms with E-state index in [4.69, 9.17) is 13.9 Å². The van der Waals surface area contributed by atoms with Crippen molar-refractivity contribution in [3.63, 3.8) is 0 Å². The van der Waals surface area contributed by atoms with E-state index in [9.17, 15) is 8.78 Å². The summed E-state index contributed by atoms with van der Waals surface area (Å²) in [4.78, 5) is 17.3. The van der Waals surface area contributed by atoms with Crippen LogP contribution in [0.4, 0.5) is 14.6 Å². The van der Waals surface area contributed by atoms with E-state index in [1.807, 2.05) is 12.3 Å². The number of oxazole rings is 1. The fourth-order valence-electron chi connectivity index (χ4n) is 3.18. The molecule has 3 heterocycles. The van der Waals surface area contributed by atoms with Gasteiger partial charge in [0.2, 0.25) is 11.7 Å². The Bertz CT molecular complexity index is 986. The van der Waals surface area contributed by atoms with E-state index in [-0.39, 0.29) is 37.1 Å². The Kier molecular flexibility index (Phi) is 5.80. The molecule has 0 atom stereocenters. The first-order valence-corrected chi connectivity index (χ1v) is 10.3. The standard InChI is InChI=1S/C19H21F2N5O3S/c1-11-9-30-18(23-11)16-25-15(24-12-3-5-19(20,21)6-4-12)14(17(26-16)27-2)28-8-13-7-22-10-29-13/h7,9-10,12H,3-6,8H2,1-2H3,(H,24,25,26). The van der Waals surface area contributed by atoms with Gasteiger partial charge in [-0.2, -0.15) is 4.98 Å². The van der Waals surface area contributed by atoms with Crippen molar-refractivity contribution in [1.82, 2.24) is 19.9 Å². The van der Waals surface area contributed by atoms with E-state index >= 15 is 0 Å². The third-order valence-electron chi connectivity index (χ3n) is 4.74. The summed E-state index contributed by atoms with van der Waals surface area (Å²) in [5, 5.41) is 5.78. The summed E-state index contributed by atoms with van der Waals surface area (Å²) in [6.07, 6.45) is 3.16. The molecule has 1 fully saturated rings. The van der Waals surface area contributed by atoms with Gasteiger partial charge in [-0.15, -0.1) is 11.3 Å². The number of nitrogens with zero attached hydrogens (tertiary/aromatic N) is 4. The Hall–Kier alpha value is -2.82. The van der Waals surface area contributed by atoms with Gasteiger partial charge in [0.25, 0.3) is 5.88 Å². The van der Waals surface area contributed by atoms with Gasteiger partial charge < -0.3 is 19.2 Å². The zero-order valence-corrected chi connectivity index (χ0v) is 17.3. The second-order valence-corrected chi connectivity index (χ2v) is 7.92. The highest BCUT2D eigenvalue weighted by molar-refractivity contribution is 7.13. The smallest absolute Gasteiger partial charge is 0.262 e. The molecule has 0 aliphatic heterocycles. The highest BCUT2D eigenvalue weighted by atomic mass is 32.1. The normalized spacial score (nSPS) is 16.4. The molecule has 30 heavy (non-hydrogen) atoms. The highest BCUT2D eigenvalue weighted by Crippen LogP contribution is 2.39. The lowest BCUT2D eigenvalue weighted by Gasteiger charge is -2.29. The van der Waals surface area contributed by atoms with Crippen molar-refractivity contribution in [1.29, 1.82) is 0 Å². The Labute approximate surface area is 175 Å². The molecule has 1 N–H and O–H groups in total. The van der Waals surface area contributed by atoms with Crippen LogP contribution in [0.2, 0.25) is 0 Å². The van der Waals surface area contributed by atoms with Crippen LogP contribution in [0.25, 0.3) is 10.8 Å². The lowest BCUT2D eigenvalue weighted by molar-refractivity contribution is -0.0361. The van der Waals surface area contributed by atoms with Crippen LogP contribution < -0.4 is 14.8 Å². The van der Waals surface area contributed by atoms with Gasteiger partial charge >= 0.3 is 0 Å². The number of ether oxygens (including phenoxy) is 2. The average molecular weight is 437 g/mol. The predicted octanol–water partition coefficient (Wildman–Crippen LogP) is 4.47. The van der Waals surface area contributed by atoms with Crippen molar-refractivity contribution in [2.24, 2.45) is 0 Å². The first-order chi connectivity index (χ1) is 14.4. The van der Waals surface area contributed by atoms with Crippen LogP contribution in [0.3, 0.4) is 0 Å². The first-order valence-electron chi connectivity index (χ1n) is 9.46. The molecule has 8 nitrogen and oxygen atoms in total. The van der Waals surface area contributed by atoms with Crippen LogP contribution in [-0.4, -0.2) is 39.0 Å². The van der Waals surface area contributed by atoms with E-state index in [2.05, 4.69) is 25.3 Å². The number of anilines is 1. The molecule has 1 aliphatic carbocycles. The van der Waals surface area contributed by atoms with Crippen LogP contribution in [0.15, 0.2) is 22.4 Å². The molecule has 160 valence electrons. The zero-order valence-electron chi connectivity index (χ0n) is 16.5. The molecular weight excluding hydrogens is 416 g/mol. The fourth-order valence-corrected chi connectivity index (χ4v) is 3.91. The van der Waals surface area contributed by atoms with Gasteiger partial charge in [0.05, 0.1) is 13.3 Å². The molecule has 1 aliphatic rings. The van der Waals surface area contributed by atoms with Gasteiger partial charge in [-0.05, 0) is 19.8 Å². The number of thiazole rings is 1. The second-order valence-electron chi connectivity index (χ2n) is 7.06. The third-order valence-corrected chi connectivity index (χ3v) is 5.69. The number of rotatable bonds is 7. The molecular formula is C19H21F2N5O3S. The molecule has 0 radical (unpaired) electrons. The summed E-state index contributed by atoms with van der Waals surface area (Å²) >= 11 is 1.41. The van der Waals surface area contributed by atoms with Gasteiger partial charge in [0.15, 0.2) is 28.8 Å². The minimum absolute atomic E-state index is 0.0901. The summed E-state index contributed by atoms with van der Waals surface area (Å²) in [5.74, 6) is -0.851. The average Bonchev–Trinajstić information content (AvgIpc) is 3.40. The molecule has 4 rings (SSSR count). The lowest BCUT2D eigenvalue weighted by atomic mass is 9.92. The van der Waals surface area contributed by atoms with E-state index in [1.165, 1.54) is 31.0 Å². The van der Waals surface area contributed by atoms with Crippen LogP contribution >= 0.6 is 11.3 Å². The Morgan fingerprint density at radius 2 is 2.07 bits per heavy atom. The number of hydrogen-bond donors (Lipinski definition) is 1. The number of hydrogen-bond acceptors (Lipinski definition) is 9. The molecule has 0 saturated heterocycles. The summed E-state index contributed by atoms with van der Waals surface area (Å²) in [5.41, 5.74) is 0.854. The van der Waals surface area contributed by atoms with Crippen LogP contribution in [0, 0.1) is 6.92 Å². The molecule has 0 amide bonds. The van der Waals surface area contributed by atoms with E-state index in [1.54, 1.807) is 0 Å². The van der Waals surface area contributed by atoms with Gasteiger partial charge in [-0.1, -0.05) is 0 Å². The van der Waals surface area contributed by atoms with Crippen LogP contribution in [0.5, 0.6) is 11.6 Å². The van der Waals surface area contributed by atoms with Gasteiger partial charge in [-0.3, -0.25) is 0 Å². The number of halogens is 2. The Balaban J connectivity index is 1.65. The molecule has 0 bridgehead atoms. The fraction of sp³-hybridized carbons (Fsp3) is 0.474. The summed E-state index contributed by atoms with van der Waals surface area (Å²) < 4.78 is 43.6. The SMILES string of the molecule is COc1nc(-c2nc(C)cs2)nc(NC2CCC(F)(F)CC2)c1OCc1cnco1. The minimum atomic E-state index is -2.61. The maximum atomic E-state index is 13.6. The Morgan fingerprint density at radius 3 is 2.70 bits per heavy atom. The van der Waals surface area contributed by atoms with Crippen molar-refractivity contribution in [3.05, 3.63) is 29.4 Å². The summed E-state index contributed by atoms with van der Waals surface area (Å²) in [6.45, 7) is 1.97. The third kappa shape index (κ3) is 4.66. The topological polar surface area (TPSA) is 95.2 Å². The molecule has 3 aromatic rings. The highest BCUT2D eigenvalue weighted by Gasteiger charge is 2.35. The molecule has 0 unspecified atom stereocenters. The number of alkyl halides is 2. The number of nitrogens with one attached hydrogen (secondary N) is 1. The number of methoxy groups -OCH3 is 1. The Morgan fingerprint density at radius 1 is 1.27 bits per heavy atom. The zero-order chi connectivity index (χ0) is 21.1. The quantitative estimate of drug-likeness (QED) is 0.578. The van der Waals surface area contributed by atoms with E-state index in [0.29, 0.717) is 35.3 Å². The maximum Gasteiger partial charge on any atom is 0.262 e. The largest absolute Gasteiger partial charge is 0.478 e. The maximum absolute atomic E-state index is 13.6. The van der Waals surface area contributed by atoms with E-state index < -0.39 is 5.92 Å². The second kappa shape index (κ2) is 8.50. The van der Waals surface area contributed by atoms with Crippen molar-refractivity contribution < 1.29 is 22.7 Å². The van der Waals surface area contributed by atoms with Crippen molar-refractivity contribution >= 4 is 17.2 Å². The van der Waals surface area contributed by atoms with E-state index in [0.717, 1.165) is 5.69 Å². The molecule has 3 aromatic heterocycles. The van der Waals surface area contributed by atoms with Crippen LogP contribution in [-0.2, 0) is 6.61 Å². The lowest BCUT2D eigenvalue weighted by Crippen LogP contribution is -2.32. The van der Waals surface area contributed by atoms with Crippen molar-refractivity contribution in [2.75, 3.05) is 12.4 Å². The number of aryl methyl sites for hydroxylation is 1. The minimum Gasteiger partial charge on any atom is -0.478 e. The number of aromatic nitrogens is 4. The molecule has 0 aromatic carbocycles. The van der Waals surface area contributed by atoms with Gasteiger partial charge in [0, 0.05) is 30.0 Å². The van der Waals surface area contributed by atoms with Crippen molar-refractivity contribution in [3.8, 4) is 22.5 Å². The van der Waals surface area contributed by atoms with Gasteiger partial charge in [-0.25, -0.2) is 23.7 Å². The summed E-state index contributed by atoms with van der Waals surface area (Å²) in [6, 6.07) is -0.164. The monoisotopic (exact) mass is 437 g/mol. The molecule has 11 heteroatoms. The van der Waals surface area contributed by atoms with Crippen LogP contribution in [0.1, 0.15) is 37.1 Å². The molecule has 0 spiro atoms. The summed E-state index contributed by atoms with van der Waals surface area (Å²) in [7, 11) is 1.48. The molecule has 1 saturated carbocycles. The predicted molar refractivity (Wildman–Crippen MR) is 106 cm³/mol. The van der Waals surface area contributed by atoms with Gasteiger partial charge in [0.1, 0.15) is 6.61 Å². The first kappa shape index (κ1) is 20.5.